The molecule has 7 nitrogen and oxygen atoms in total. The molecular weight excluding hydrogens is 320 g/mol. The van der Waals surface area contributed by atoms with Gasteiger partial charge in [-0.2, -0.15) is 0 Å². The summed E-state index contributed by atoms with van der Waals surface area (Å²) in [6.07, 6.45) is 5.10. The van der Waals surface area contributed by atoms with Crippen LogP contribution in [0.1, 0.15) is 48.2 Å². The van der Waals surface area contributed by atoms with Crippen LogP contribution in [0.25, 0.3) is 0 Å². The Labute approximate surface area is 144 Å². The molecule has 0 bridgehead atoms. The van der Waals surface area contributed by atoms with Crippen molar-refractivity contribution >= 4 is 11.6 Å². The van der Waals surface area contributed by atoms with Crippen molar-refractivity contribution in [1.29, 1.82) is 0 Å². The Morgan fingerprint density at radius 3 is 2.44 bits per heavy atom. The maximum atomic E-state index is 13.1. The summed E-state index contributed by atoms with van der Waals surface area (Å²) < 4.78 is 0. The summed E-state index contributed by atoms with van der Waals surface area (Å²) in [7, 11) is 0. The van der Waals surface area contributed by atoms with Gasteiger partial charge in [-0.05, 0) is 18.4 Å². The van der Waals surface area contributed by atoms with E-state index in [9.17, 15) is 14.4 Å². The third-order valence-electron chi connectivity index (χ3n) is 4.67. The lowest BCUT2D eigenvalue weighted by atomic mass is 9.93. The van der Waals surface area contributed by atoms with Crippen LogP contribution in [0.5, 0.6) is 0 Å². The van der Waals surface area contributed by atoms with Gasteiger partial charge in [-0.15, -0.1) is 0 Å². The Balaban J connectivity index is 1.97. The number of nitrogens with two attached hydrogens (primary N) is 1. The van der Waals surface area contributed by atoms with Crippen molar-refractivity contribution in [3.05, 3.63) is 62.4 Å². The van der Waals surface area contributed by atoms with Crippen molar-refractivity contribution in [2.45, 2.75) is 44.7 Å². The third kappa shape index (κ3) is 3.81. The molecule has 1 heterocycles. The standard InChI is InChI=1S/C18H22N4O3/c19-14-15(20-18(25)21-16(14)23)17(24)22(13-9-5-2-6-10-13)11-12-7-3-1-4-8-12/h1,3-4,7-8,13H,2,5-6,9-11,19H2,(H2,20,21,23,25). The lowest BCUT2D eigenvalue weighted by Crippen LogP contribution is -2.43. The van der Waals surface area contributed by atoms with Crippen molar-refractivity contribution < 1.29 is 4.79 Å². The third-order valence-corrected chi connectivity index (χ3v) is 4.67. The molecule has 1 aromatic heterocycles. The number of carbonyl (C=O) groups excluding carboxylic acids is 1. The van der Waals surface area contributed by atoms with E-state index < -0.39 is 17.2 Å². The van der Waals surface area contributed by atoms with Gasteiger partial charge in [-0.3, -0.25) is 14.6 Å². The fraction of sp³-hybridized carbons (Fsp3) is 0.389. The Morgan fingerprint density at radius 1 is 1.08 bits per heavy atom. The number of anilines is 1. The lowest BCUT2D eigenvalue weighted by Gasteiger charge is -2.34. The van der Waals surface area contributed by atoms with Gasteiger partial charge in [0.2, 0.25) is 0 Å². The molecule has 1 saturated carbocycles. The molecule has 25 heavy (non-hydrogen) atoms. The van der Waals surface area contributed by atoms with Gasteiger partial charge in [0.05, 0.1) is 0 Å². The highest BCUT2D eigenvalue weighted by atomic mass is 16.2. The SMILES string of the molecule is Nc1c(C(=O)N(Cc2ccccc2)C2CCCCC2)[nH]c(=O)[nH]c1=O. The fourth-order valence-electron chi connectivity index (χ4n) is 3.35. The second-order valence-electron chi connectivity index (χ2n) is 6.41. The zero-order valence-corrected chi connectivity index (χ0v) is 14.0. The van der Waals surface area contributed by atoms with Crippen molar-refractivity contribution in [3.63, 3.8) is 0 Å². The zero-order valence-electron chi connectivity index (χ0n) is 14.0. The number of hydrogen-bond acceptors (Lipinski definition) is 4. The van der Waals surface area contributed by atoms with Crippen molar-refractivity contribution in [2.75, 3.05) is 5.73 Å². The van der Waals surface area contributed by atoms with Crippen LogP contribution in [-0.2, 0) is 6.54 Å². The molecular formula is C18H22N4O3. The van der Waals surface area contributed by atoms with E-state index >= 15 is 0 Å². The largest absolute Gasteiger partial charge is 0.392 e. The van der Waals surface area contributed by atoms with E-state index in [1.54, 1.807) is 4.90 Å². The molecule has 4 N–H and O–H groups in total. The van der Waals surface area contributed by atoms with Crippen LogP contribution in [0.3, 0.4) is 0 Å². The second-order valence-corrected chi connectivity index (χ2v) is 6.41. The van der Waals surface area contributed by atoms with Crippen LogP contribution in [0.4, 0.5) is 5.69 Å². The van der Waals surface area contributed by atoms with Gasteiger partial charge in [0.1, 0.15) is 11.4 Å². The minimum atomic E-state index is -0.740. The Morgan fingerprint density at radius 2 is 1.76 bits per heavy atom. The Kier molecular flexibility index (Phi) is 5.02. The predicted molar refractivity (Wildman–Crippen MR) is 95.3 cm³/mol. The van der Waals surface area contributed by atoms with Gasteiger partial charge in [-0.1, -0.05) is 49.6 Å². The second kappa shape index (κ2) is 7.38. The average molecular weight is 342 g/mol. The van der Waals surface area contributed by atoms with Gasteiger partial charge < -0.3 is 15.6 Å². The highest BCUT2D eigenvalue weighted by Crippen LogP contribution is 2.25. The first-order chi connectivity index (χ1) is 12.1. The number of amides is 1. The number of aromatic nitrogens is 2. The van der Waals surface area contributed by atoms with Crippen LogP contribution in [0, 0.1) is 0 Å². The van der Waals surface area contributed by atoms with E-state index in [1.165, 1.54) is 0 Å². The number of aromatic amines is 2. The number of H-pyrrole nitrogens is 2. The number of hydrogen-bond donors (Lipinski definition) is 3. The number of nitrogens with one attached hydrogen (secondary N) is 2. The maximum Gasteiger partial charge on any atom is 0.326 e. The van der Waals surface area contributed by atoms with Gasteiger partial charge in [-0.25, -0.2) is 4.79 Å². The van der Waals surface area contributed by atoms with E-state index in [0.717, 1.165) is 37.7 Å². The minimum absolute atomic E-state index is 0.0728. The summed E-state index contributed by atoms with van der Waals surface area (Å²) >= 11 is 0. The quantitative estimate of drug-likeness (QED) is 0.783. The molecule has 2 aromatic rings. The van der Waals surface area contributed by atoms with Crippen LogP contribution in [0.2, 0.25) is 0 Å². The molecule has 0 atom stereocenters. The van der Waals surface area contributed by atoms with Crippen molar-refractivity contribution in [1.82, 2.24) is 14.9 Å². The molecule has 1 aliphatic carbocycles. The molecule has 0 aliphatic heterocycles. The number of rotatable bonds is 4. The molecule has 132 valence electrons. The number of nitrogens with zero attached hydrogens (tertiary/aromatic N) is 1. The summed E-state index contributed by atoms with van der Waals surface area (Å²) in [4.78, 5) is 42.6. The van der Waals surface area contributed by atoms with Crippen LogP contribution >= 0.6 is 0 Å². The molecule has 1 fully saturated rings. The van der Waals surface area contributed by atoms with Crippen molar-refractivity contribution in [2.24, 2.45) is 0 Å². The minimum Gasteiger partial charge on any atom is -0.392 e. The van der Waals surface area contributed by atoms with Crippen molar-refractivity contribution in [3.8, 4) is 0 Å². The topological polar surface area (TPSA) is 112 Å². The molecule has 0 unspecified atom stereocenters. The average Bonchev–Trinajstić information content (AvgIpc) is 2.64. The van der Waals surface area contributed by atoms with Gasteiger partial charge in [0.25, 0.3) is 11.5 Å². The first kappa shape index (κ1) is 17.0. The van der Waals surface area contributed by atoms with Crippen LogP contribution in [-0.4, -0.2) is 26.8 Å². The van der Waals surface area contributed by atoms with E-state index in [4.69, 9.17) is 5.73 Å². The van der Waals surface area contributed by atoms with E-state index in [2.05, 4.69) is 4.98 Å². The smallest absolute Gasteiger partial charge is 0.326 e. The molecule has 0 radical (unpaired) electrons. The fourth-order valence-corrected chi connectivity index (χ4v) is 3.35. The Hall–Kier alpha value is -2.83. The molecule has 0 saturated heterocycles. The summed E-state index contributed by atoms with van der Waals surface area (Å²) in [6.45, 7) is 0.415. The molecule has 1 aromatic carbocycles. The van der Waals surface area contributed by atoms with Crippen LogP contribution < -0.4 is 17.0 Å². The highest BCUT2D eigenvalue weighted by Gasteiger charge is 2.28. The predicted octanol–water partition coefficient (Wildman–Crippen LogP) is 1.62. The van der Waals surface area contributed by atoms with E-state index in [0.29, 0.717) is 6.54 Å². The monoisotopic (exact) mass is 342 g/mol. The molecule has 7 heteroatoms. The number of nitrogen functional groups attached to an aromatic ring is 1. The summed E-state index contributed by atoms with van der Waals surface area (Å²) in [6, 6.07) is 9.73. The highest BCUT2D eigenvalue weighted by molar-refractivity contribution is 5.97. The van der Waals surface area contributed by atoms with Crippen LogP contribution in [0.15, 0.2) is 39.9 Å². The summed E-state index contributed by atoms with van der Waals surface area (Å²) in [5.41, 5.74) is 4.89. The molecule has 3 rings (SSSR count). The van der Waals surface area contributed by atoms with E-state index in [1.807, 2.05) is 35.3 Å². The zero-order chi connectivity index (χ0) is 17.8. The molecule has 1 amide bonds. The van der Waals surface area contributed by atoms with Gasteiger partial charge >= 0.3 is 5.69 Å². The number of carbonyl (C=O) groups is 1. The normalized spacial score (nSPS) is 15.0. The molecule has 0 spiro atoms. The molecule has 1 aliphatic rings. The van der Waals surface area contributed by atoms with E-state index in [-0.39, 0.29) is 17.4 Å². The summed E-state index contributed by atoms with van der Waals surface area (Å²) in [5.74, 6) is -0.406. The summed E-state index contributed by atoms with van der Waals surface area (Å²) in [5, 5.41) is 0. The first-order valence-corrected chi connectivity index (χ1v) is 8.53. The van der Waals surface area contributed by atoms with Gasteiger partial charge in [0, 0.05) is 12.6 Å². The Bertz CT molecular complexity index is 851. The number of benzene rings is 1. The van der Waals surface area contributed by atoms with Gasteiger partial charge in [0.15, 0.2) is 0 Å². The first-order valence-electron chi connectivity index (χ1n) is 8.53. The lowest BCUT2D eigenvalue weighted by molar-refractivity contribution is 0.0608. The maximum absolute atomic E-state index is 13.1.